The second-order valence-electron chi connectivity index (χ2n) is 22.5. The van der Waals surface area contributed by atoms with Crippen molar-refractivity contribution >= 4 is 46.2 Å². The Kier molecular flexibility index (Phi) is 14.1. The van der Waals surface area contributed by atoms with Crippen molar-refractivity contribution in [2.24, 2.45) is 5.41 Å². The summed E-state index contributed by atoms with van der Waals surface area (Å²) >= 11 is 0. The molecule has 4 aliphatic heterocycles. The lowest BCUT2D eigenvalue weighted by Crippen LogP contribution is -2.67. The van der Waals surface area contributed by atoms with Crippen LogP contribution >= 0.6 is 0 Å². The number of nitrogens with zero attached hydrogens (tertiary/aromatic N) is 5. The third-order valence-electron chi connectivity index (χ3n) is 16.9. The van der Waals surface area contributed by atoms with Crippen LogP contribution in [0.3, 0.4) is 0 Å². The standard InChI is InChI=1S/C59H71F2N5O6Si/c1-6-46-49(60)23-22-40-31-42(70-39-67-5)32-47(51(40)46)53-52(61)54-48(35-62-53)55(65-28-15-25-58(37-65)33-43(34-58)72-50-21-13-14-30-68-50)64-56(63-54)69-38-59-26-16-29-66(59)41(24-27-59)36-71-73(57(2,3)4,44-17-9-7-10-18-44)45-19-11-8-12-20-45/h7-12,17-20,22-23,31-32,35,41,43,50H,6,13-16,21,24-30,33-34,36-39H2,1-5H3/t41-,43?,50?,58?,59-/m0/s1. The largest absolute Gasteiger partial charge is 0.468 e. The number of ether oxygens (including phenoxy) is 5. The van der Waals surface area contributed by atoms with Gasteiger partial charge in [0.1, 0.15) is 35.2 Å². The van der Waals surface area contributed by atoms with E-state index in [1.54, 1.807) is 25.4 Å². The third-order valence-corrected chi connectivity index (χ3v) is 21.9. The highest BCUT2D eigenvalue weighted by atomic mass is 28.4. The Hall–Kier alpha value is -5.09. The molecule has 14 heteroatoms. The minimum atomic E-state index is -2.76. The molecule has 4 saturated heterocycles. The SMILES string of the molecule is CCc1c(F)ccc2cc(OCOC)cc(-c3ncc4c(N5CCCC6(CC(OC7CCCCO7)C6)C5)nc(OC[C@@]56CCCN5[C@H](CO[Si](c5ccccc5)(c5ccccc5)C(C)(C)C)CC6)nc4c3F)c12. The number of hydrogen-bond donors (Lipinski definition) is 0. The number of fused-ring (bicyclic) bond motifs is 3. The van der Waals surface area contributed by atoms with E-state index in [1.165, 1.54) is 16.4 Å². The Morgan fingerprint density at radius 1 is 0.849 bits per heavy atom. The van der Waals surface area contributed by atoms with Crippen LogP contribution < -0.4 is 24.7 Å². The van der Waals surface area contributed by atoms with E-state index in [1.807, 2.05) is 13.0 Å². The maximum atomic E-state index is 17.9. The summed E-state index contributed by atoms with van der Waals surface area (Å²) in [7, 11) is -1.22. The van der Waals surface area contributed by atoms with Gasteiger partial charge in [0.25, 0.3) is 8.32 Å². The lowest BCUT2D eigenvalue weighted by atomic mass is 9.62. The molecule has 1 unspecified atom stereocenters. The van der Waals surface area contributed by atoms with Crippen molar-refractivity contribution in [3.8, 4) is 23.0 Å². The number of hydrogen-bond acceptors (Lipinski definition) is 11. The van der Waals surface area contributed by atoms with Crippen LogP contribution in [-0.4, -0.2) is 106 Å². The molecule has 3 atom stereocenters. The lowest BCUT2D eigenvalue weighted by Gasteiger charge is -2.53. The van der Waals surface area contributed by atoms with E-state index in [0.29, 0.717) is 58.5 Å². The van der Waals surface area contributed by atoms with Crippen molar-refractivity contribution in [3.05, 3.63) is 108 Å². The molecule has 1 aliphatic carbocycles. The molecule has 73 heavy (non-hydrogen) atoms. The molecule has 0 amide bonds. The van der Waals surface area contributed by atoms with Crippen molar-refractivity contribution < 1.29 is 36.9 Å². The molecule has 0 bridgehead atoms. The molecular formula is C59H71F2N5O6Si. The summed E-state index contributed by atoms with van der Waals surface area (Å²) in [5.74, 6) is 0.0839. The summed E-state index contributed by atoms with van der Waals surface area (Å²) in [6.45, 7) is 13.1. The number of piperidine rings is 1. The number of aromatic nitrogens is 3. The number of pyridine rings is 1. The minimum Gasteiger partial charge on any atom is -0.468 e. The zero-order valence-corrected chi connectivity index (χ0v) is 44.3. The minimum absolute atomic E-state index is 0.0102. The first-order chi connectivity index (χ1) is 35.4. The van der Waals surface area contributed by atoms with E-state index in [-0.39, 0.29) is 64.3 Å². The Morgan fingerprint density at radius 3 is 2.33 bits per heavy atom. The number of aryl methyl sites for hydroxylation is 1. The van der Waals surface area contributed by atoms with Crippen LogP contribution in [0.25, 0.3) is 32.9 Å². The molecule has 6 heterocycles. The summed E-state index contributed by atoms with van der Waals surface area (Å²) in [6, 6.07) is 28.7. The van der Waals surface area contributed by atoms with E-state index in [2.05, 4.69) is 91.2 Å². The van der Waals surface area contributed by atoms with E-state index in [9.17, 15) is 0 Å². The van der Waals surface area contributed by atoms with Gasteiger partial charge >= 0.3 is 6.01 Å². The Bertz CT molecular complexity index is 2880. The van der Waals surface area contributed by atoms with Crippen LogP contribution in [0.1, 0.15) is 104 Å². The molecule has 5 fully saturated rings. The number of rotatable bonds is 16. The Balaban J connectivity index is 0.927. The molecule has 386 valence electrons. The fourth-order valence-electron chi connectivity index (χ4n) is 13.5. The molecular weight excluding hydrogens is 941 g/mol. The average Bonchev–Trinajstić information content (AvgIpc) is 3.97. The Labute approximate surface area is 430 Å². The van der Waals surface area contributed by atoms with E-state index < -0.39 is 14.1 Å². The summed E-state index contributed by atoms with van der Waals surface area (Å²) in [6.07, 6.45) is 13.1. The van der Waals surface area contributed by atoms with E-state index in [4.69, 9.17) is 43.1 Å². The molecule has 11 nitrogen and oxygen atoms in total. The molecule has 5 aliphatic rings. The first-order valence-electron chi connectivity index (χ1n) is 26.8. The maximum absolute atomic E-state index is 17.9. The van der Waals surface area contributed by atoms with Gasteiger partial charge in [0.2, 0.25) is 0 Å². The van der Waals surface area contributed by atoms with Crippen molar-refractivity contribution in [3.63, 3.8) is 0 Å². The number of anilines is 1. The maximum Gasteiger partial charge on any atom is 0.319 e. The molecule has 1 spiro atoms. The molecule has 0 radical (unpaired) electrons. The second-order valence-corrected chi connectivity index (χ2v) is 26.8. The monoisotopic (exact) mass is 1010 g/mol. The smallest absolute Gasteiger partial charge is 0.319 e. The first-order valence-corrected chi connectivity index (χ1v) is 28.7. The summed E-state index contributed by atoms with van der Waals surface area (Å²) in [5, 5.41) is 4.21. The van der Waals surface area contributed by atoms with Crippen LogP contribution in [0, 0.1) is 17.0 Å². The lowest BCUT2D eigenvalue weighted by molar-refractivity contribution is -0.223. The number of halogens is 2. The molecule has 6 aromatic rings. The van der Waals surface area contributed by atoms with E-state index in [0.717, 1.165) is 96.9 Å². The van der Waals surface area contributed by atoms with Crippen LogP contribution in [0.15, 0.2) is 91.1 Å². The van der Waals surface area contributed by atoms with Crippen LogP contribution in [0.4, 0.5) is 14.6 Å². The molecule has 4 aromatic carbocycles. The molecule has 0 N–H and O–H groups in total. The normalized spacial score (nSPS) is 24.6. The fraction of sp³-hybridized carbons (Fsp3) is 0.508. The van der Waals surface area contributed by atoms with Crippen LogP contribution in [-0.2, 0) is 25.1 Å². The van der Waals surface area contributed by atoms with Crippen molar-refractivity contribution in [2.75, 3.05) is 58.3 Å². The van der Waals surface area contributed by atoms with Gasteiger partial charge in [-0.2, -0.15) is 9.97 Å². The average molecular weight is 1010 g/mol. The zero-order chi connectivity index (χ0) is 50.4. The highest BCUT2D eigenvalue weighted by Gasteiger charge is 2.54. The highest BCUT2D eigenvalue weighted by Crippen LogP contribution is 2.51. The summed E-state index contributed by atoms with van der Waals surface area (Å²) in [4.78, 5) is 19.9. The van der Waals surface area contributed by atoms with Gasteiger partial charge in [0, 0.05) is 44.6 Å². The van der Waals surface area contributed by atoms with Gasteiger partial charge in [0.05, 0.1) is 23.6 Å². The Morgan fingerprint density at radius 2 is 1.62 bits per heavy atom. The zero-order valence-electron chi connectivity index (χ0n) is 43.3. The van der Waals surface area contributed by atoms with Crippen molar-refractivity contribution in [1.82, 2.24) is 19.9 Å². The quantitative estimate of drug-likeness (QED) is 0.0684. The summed E-state index contributed by atoms with van der Waals surface area (Å²) < 4.78 is 71.5. The molecule has 11 rings (SSSR count). The van der Waals surface area contributed by atoms with Gasteiger partial charge in [-0.15, -0.1) is 0 Å². The van der Waals surface area contributed by atoms with Gasteiger partial charge in [-0.3, -0.25) is 9.88 Å². The molecule has 1 saturated carbocycles. The van der Waals surface area contributed by atoms with Gasteiger partial charge in [-0.05, 0) is 139 Å². The van der Waals surface area contributed by atoms with Crippen molar-refractivity contribution in [1.29, 1.82) is 0 Å². The number of methoxy groups -OCH3 is 1. The van der Waals surface area contributed by atoms with Gasteiger partial charge in [-0.25, -0.2) is 8.78 Å². The van der Waals surface area contributed by atoms with Gasteiger partial charge in [0.15, 0.2) is 18.9 Å². The summed E-state index contributed by atoms with van der Waals surface area (Å²) in [5.41, 5.74) is 0.851. The number of benzene rings is 4. The third kappa shape index (κ3) is 9.43. The molecule has 2 aromatic heterocycles. The first kappa shape index (κ1) is 50.1. The van der Waals surface area contributed by atoms with Gasteiger partial charge in [-0.1, -0.05) is 94.4 Å². The predicted molar refractivity (Wildman–Crippen MR) is 284 cm³/mol. The van der Waals surface area contributed by atoms with E-state index >= 15 is 8.78 Å². The van der Waals surface area contributed by atoms with Crippen LogP contribution in [0.2, 0.25) is 5.04 Å². The highest BCUT2D eigenvalue weighted by molar-refractivity contribution is 6.99. The fourth-order valence-corrected chi connectivity index (χ4v) is 18.1. The second kappa shape index (κ2) is 20.6. The van der Waals surface area contributed by atoms with Crippen LogP contribution in [0.5, 0.6) is 11.8 Å². The van der Waals surface area contributed by atoms with Crippen molar-refractivity contribution in [2.45, 2.75) is 134 Å². The van der Waals surface area contributed by atoms with Gasteiger partial charge < -0.3 is 33.0 Å². The predicted octanol–water partition coefficient (Wildman–Crippen LogP) is 10.9. The topological polar surface area (TPSA) is 101 Å².